The monoisotopic (exact) mass is 103 g/mol. The predicted molar refractivity (Wildman–Crippen MR) is 26.3 cm³/mol. The van der Waals surface area contributed by atoms with E-state index in [1.165, 1.54) is 0 Å². The summed E-state index contributed by atoms with van der Waals surface area (Å²) in [5.41, 5.74) is 0. The van der Waals surface area contributed by atoms with Crippen LogP contribution in [0.5, 0.6) is 0 Å². The highest BCUT2D eigenvalue weighted by Gasteiger charge is 1.86. The molecule has 0 bridgehead atoms. The maximum atomic E-state index is 9.61. The molecule has 0 amide bonds. The van der Waals surface area contributed by atoms with E-state index in [1.54, 1.807) is 6.92 Å². The van der Waals surface area contributed by atoms with Crippen molar-refractivity contribution in [3.63, 3.8) is 0 Å². The first kappa shape index (κ1) is 5.77. The quantitative estimate of drug-likeness (QED) is 0.377. The summed E-state index contributed by atoms with van der Waals surface area (Å²) in [7, 11) is 2.81. The molecular weight excluding hydrogens is 97.0 g/mol. The van der Waals surface area contributed by atoms with Crippen LogP contribution in [0.2, 0.25) is 0 Å². The second-order valence-electron chi connectivity index (χ2n) is 1.01. The van der Waals surface area contributed by atoms with Crippen LogP contribution in [0.3, 0.4) is 0 Å². The summed E-state index contributed by atoms with van der Waals surface area (Å²) in [6, 6.07) is -0.207. The Balaban J connectivity index is 3.21. The van der Waals surface area contributed by atoms with E-state index in [9.17, 15) is 4.79 Å². The molecule has 1 unspecified atom stereocenters. The Bertz CT molecular complexity index is 55.8. The summed E-state index contributed by atoms with van der Waals surface area (Å²) in [5.74, 6) is 0. The van der Waals surface area contributed by atoms with E-state index >= 15 is 0 Å². The summed E-state index contributed by atoms with van der Waals surface area (Å²) >= 11 is 0. The lowest BCUT2D eigenvalue weighted by Gasteiger charge is -1.83. The van der Waals surface area contributed by atoms with Gasteiger partial charge < -0.3 is 4.79 Å². The van der Waals surface area contributed by atoms with Gasteiger partial charge >= 0.3 is 0 Å². The summed E-state index contributed by atoms with van der Waals surface area (Å²) in [6.07, 6.45) is 0.757. The Morgan fingerprint density at radius 1 is 2.00 bits per heavy atom. The minimum absolute atomic E-state index is 0.207. The van der Waals surface area contributed by atoms with Crippen LogP contribution < -0.4 is 0 Å². The molecule has 0 aromatic heterocycles. The van der Waals surface area contributed by atoms with Crippen molar-refractivity contribution >= 4 is 15.3 Å². The normalized spacial score (nSPS) is 12.8. The van der Waals surface area contributed by atoms with E-state index < -0.39 is 0 Å². The van der Waals surface area contributed by atoms with Crippen LogP contribution in [-0.4, -0.2) is 12.3 Å². The van der Waals surface area contributed by atoms with E-state index in [2.05, 4.69) is 13.8 Å². The molecule has 6 heavy (non-hydrogen) atoms. The zero-order valence-electron chi connectivity index (χ0n) is 3.51. The van der Waals surface area contributed by atoms with Gasteiger partial charge in [0.15, 0.2) is 0 Å². The van der Waals surface area contributed by atoms with Crippen molar-refractivity contribution in [2.75, 3.05) is 0 Å². The fourth-order valence-corrected chi connectivity index (χ4v) is 0.0913. The van der Waals surface area contributed by atoms with E-state index in [4.69, 9.17) is 0 Å². The fourth-order valence-electron chi connectivity index (χ4n) is 0.0304. The maximum absolute atomic E-state index is 9.61. The van der Waals surface area contributed by atoms with Gasteiger partial charge in [0, 0.05) is 0 Å². The van der Waals surface area contributed by atoms with Gasteiger partial charge in [-0.1, -0.05) is 0 Å². The second-order valence-corrected chi connectivity index (χ2v) is 1.26. The Labute approximate surface area is 38.9 Å². The van der Waals surface area contributed by atoms with Crippen molar-refractivity contribution in [2.24, 2.45) is 4.74 Å². The van der Waals surface area contributed by atoms with Gasteiger partial charge in [0.2, 0.25) is 0 Å². The van der Waals surface area contributed by atoms with Crippen molar-refractivity contribution in [3.05, 3.63) is 0 Å². The molecule has 34 valence electrons. The Morgan fingerprint density at radius 3 is 2.50 bits per heavy atom. The van der Waals surface area contributed by atoms with Gasteiger partial charge in [-0.2, -0.15) is 0 Å². The maximum Gasteiger partial charge on any atom is 0.144 e. The molecule has 2 nitrogen and oxygen atoms in total. The highest BCUT2D eigenvalue weighted by Crippen LogP contribution is 1.83. The van der Waals surface area contributed by atoms with E-state index in [0.717, 1.165) is 6.29 Å². The van der Waals surface area contributed by atoms with Crippen LogP contribution in [0.15, 0.2) is 4.74 Å². The zero-order chi connectivity index (χ0) is 4.99. The lowest BCUT2D eigenvalue weighted by Crippen LogP contribution is -1.93. The minimum Gasteiger partial charge on any atom is -0.301 e. The summed E-state index contributed by atoms with van der Waals surface area (Å²) in [6.45, 7) is 1.69. The van der Waals surface area contributed by atoms with Gasteiger partial charge in [0.25, 0.3) is 0 Å². The molecule has 0 fully saturated rings. The molecule has 0 saturated heterocycles. The van der Waals surface area contributed by atoms with Gasteiger partial charge in [-0.25, -0.2) is 0 Å². The molecular formula is C3H6NOP. The molecule has 0 saturated carbocycles. The summed E-state index contributed by atoms with van der Waals surface area (Å²) in [4.78, 5) is 9.61. The van der Waals surface area contributed by atoms with Crippen LogP contribution in [0.25, 0.3) is 0 Å². The third-order valence-corrected chi connectivity index (χ3v) is 0.808. The Kier molecular flexibility index (Phi) is 2.87. The molecule has 0 N–H and O–H groups in total. The Morgan fingerprint density at radius 2 is 2.50 bits per heavy atom. The standard InChI is InChI=1S/C3H6NOP/c1-3(2-5)4-6/h2-3,6H,1H3. The average Bonchev–Trinajstić information content (AvgIpc) is 1.65. The summed E-state index contributed by atoms with van der Waals surface area (Å²) < 4.78 is 3.44. The zero-order valence-corrected chi connectivity index (χ0v) is 4.51. The first-order chi connectivity index (χ1) is 2.81. The van der Waals surface area contributed by atoms with Crippen LogP contribution in [-0.2, 0) is 4.79 Å². The first-order valence-electron chi connectivity index (χ1n) is 1.63. The van der Waals surface area contributed by atoms with E-state index in [-0.39, 0.29) is 6.04 Å². The van der Waals surface area contributed by atoms with E-state index in [1.807, 2.05) is 0 Å². The number of aldehydes is 1. The molecule has 0 aromatic rings. The molecule has 0 heterocycles. The van der Waals surface area contributed by atoms with Gasteiger partial charge in [-0.15, -0.1) is 0 Å². The number of hydrogen-bond acceptors (Lipinski definition) is 2. The second kappa shape index (κ2) is 2.98. The molecule has 0 radical (unpaired) electrons. The topological polar surface area (TPSA) is 29.4 Å². The molecule has 0 rings (SSSR count). The molecule has 1 atom stereocenters. The van der Waals surface area contributed by atoms with Crippen molar-refractivity contribution in [3.8, 4) is 0 Å². The average molecular weight is 103 g/mol. The fraction of sp³-hybridized carbons (Fsp3) is 0.667. The number of hydrogen-bond donors (Lipinski definition) is 0. The van der Waals surface area contributed by atoms with E-state index in [0.29, 0.717) is 0 Å². The lowest BCUT2D eigenvalue weighted by molar-refractivity contribution is -0.108. The van der Waals surface area contributed by atoms with Crippen LogP contribution >= 0.6 is 9.03 Å². The number of carbonyl (C=O) groups is 1. The van der Waals surface area contributed by atoms with Gasteiger partial charge in [0.1, 0.15) is 12.3 Å². The minimum atomic E-state index is -0.207. The summed E-state index contributed by atoms with van der Waals surface area (Å²) in [5, 5.41) is 0. The first-order valence-corrected chi connectivity index (χ1v) is 2.08. The van der Waals surface area contributed by atoms with Crippen LogP contribution in [0.4, 0.5) is 0 Å². The van der Waals surface area contributed by atoms with Crippen molar-refractivity contribution in [2.45, 2.75) is 13.0 Å². The van der Waals surface area contributed by atoms with Crippen LogP contribution in [0.1, 0.15) is 6.92 Å². The molecule has 0 spiro atoms. The van der Waals surface area contributed by atoms with Crippen molar-refractivity contribution < 1.29 is 4.79 Å². The number of carbonyl (C=O) groups excluding carboxylic acids is 1. The van der Waals surface area contributed by atoms with Crippen molar-refractivity contribution in [1.82, 2.24) is 0 Å². The third kappa shape index (κ3) is 2.04. The molecule has 0 aliphatic carbocycles. The predicted octanol–water partition coefficient (Wildman–Crippen LogP) is 0.900. The molecule has 0 aromatic carbocycles. The molecule has 3 heteroatoms. The van der Waals surface area contributed by atoms with Gasteiger partial charge in [-0.3, -0.25) is 4.74 Å². The van der Waals surface area contributed by atoms with Gasteiger partial charge in [-0.05, 0) is 16.0 Å². The Hall–Kier alpha value is -0.230. The number of rotatable bonds is 2. The smallest absolute Gasteiger partial charge is 0.144 e. The molecule has 0 aliphatic rings. The SMILES string of the molecule is CC(C=O)N=P. The van der Waals surface area contributed by atoms with Crippen LogP contribution in [0, 0.1) is 0 Å². The highest BCUT2D eigenvalue weighted by molar-refractivity contribution is 7.04. The van der Waals surface area contributed by atoms with Crippen molar-refractivity contribution in [1.29, 1.82) is 0 Å². The lowest BCUT2D eigenvalue weighted by atomic mass is 10.4. The third-order valence-electron chi connectivity index (χ3n) is 0.401. The highest BCUT2D eigenvalue weighted by atomic mass is 31.0. The largest absolute Gasteiger partial charge is 0.301 e. The van der Waals surface area contributed by atoms with Gasteiger partial charge in [0.05, 0.1) is 0 Å². The molecule has 0 aliphatic heterocycles. The number of nitrogens with zero attached hydrogens (tertiary/aromatic N) is 1.